The fraction of sp³-hybridized carbons (Fsp3) is 0.394. The van der Waals surface area contributed by atoms with Crippen LogP contribution in [0.3, 0.4) is 0 Å². The van der Waals surface area contributed by atoms with Gasteiger partial charge in [-0.05, 0) is 66.3 Å². The molecule has 1 aliphatic rings. The van der Waals surface area contributed by atoms with E-state index in [1.54, 1.807) is 60.7 Å². The lowest BCUT2D eigenvalue weighted by molar-refractivity contribution is -0.187. The van der Waals surface area contributed by atoms with Gasteiger partial charge in [0.15, 0.2) is 0 Å². The highest BCUT2D eigenvalue weighted by atomic mass is 17.2. The molecule has 1 aliphatic carbocycles. The van der Waals surface area contributed by atoms with E-state index in [2.05, 4.69) is 68.7 Å². The third-order valence-corrected chi connectivity index (χ3v) is 6.68. The fourth-order valence-corrected chi connectivity index (χ4v) is 4.11. The van der Waals surface area contributed by atoms with Crippen molar-refractivity contribution < 1.29 is 40.4 Å². The summed E-state index contributed by atoms with van der Waals surface area (Å²) in [5.41, 5.74) is 2.05. The van der Waals surface area contributed by atoms with Gasteiger partial charge < -0.3 is 0 Å². The standard InChI is InChI=1S/C14H10O4.C10H20.C9H12.2H2O2/c15-13(11-7-3-1-4-8-11)17-18-14(16)12-9-5-2-6-10-12;1-8(2)10-6-4-9(3)5-7-10;1-8(2)9-6-4-3-5-7-9;2*1-2/h1-10H;8-10H,4-7H2,1-3H3;3-8H,1-2H3;2*1-2H. The average Bonchev–Trinajstić information content (AvgIpc) is 3.03. The first-order valence-electron chi connectivity index (χ1n) is 13.8. The van der Waals surface area contributed by atoms with Crippen LogP contribution in [0.25, 0.3) is 0 Å². The Kier molecular flexibility index (Phi) is 21.2. The van der Waals surface area contributed by atoms with E-state index in [1.165, 1.54) is 31.2 Å². The van der Waals surface area contributed by atoms with Crippen LogP contribution in [0.15, 0.2) is 91.0 Å². The summed E-state index contributed by atoms with van der Waals surface area (Å²) in [6.07, 6.45) is 5.92. The second kappa shape index (κ2) is 23.2. The molecule has 4 rings (SSSR count). The Morgan fingerprint density at radius 3 is 1.24 bits per heavy atom. The molecule has 0 aliphatic heterocycles. The minimum atomic E-state index is -0.708. The van der Waals surface area contributed by atoms with Crippen molar-refractivity contribution in [2.24, 2.45) is 17.8 Å². The van der Waals surface area contributed by atoms with Crippen molar-refractivity contribution in [1.29, 1.82) is 0 Å². The van der Waals surface area contributed by atoms with E-state index in [0.717, 1.165) is 17.8 Å². The molecule has 0 saturated heterocycles. The molecule has 0 atom stereocenters. The summed E-state index contributed by atoms with van der Waals surface area (Å²) in [5, 5.41) is 24.0. The zero-order valence-electron chi connectivity index (χ0n) is 24.7. The first-order chi connectivity index (χ1) is 19.8. The summed E-state index contributed by atoms with van der Waals surface area (Å²) in [5.74, 6) is 2.21. The van der Waals surface area contributed by atoms with Crippen LogP contribution < -0.4 is 0 Å². The number of carbonyl (C=O) groups is 2. The molecule has 3 aromatic carbocycles. The van der Waals surface area contributed by atoms with Crippen LogP contribution in [0, 0.1) is 17.8 Å². The predicted molar refractivity (Wildman–Crippen MR) is 161 cm³/mol. The lowest BCUT2D eigenvalue weighted by Crippen LogP contribution is -2.16. The van der Waals surface area contributed by atoms with Crippen molar-refractivity contribution >= 4 is 11.9 Å². The van der Waals surface area contributed by atoms with Crippen molar-refractivity contribution in [3.05, 3.63) is 108 Å². The summed E-state index contributed by atoms with van der Waals surface area (Å²) in [6.45, 7) is 11.5. The molecule has 41 heavy (non-hydrogen) atoms. The Balaban J connectivity index is 0.000000592. The molecule has 0 amide bonds. The topological polar surface area (TPSA) is 134 Å². The van der Waals surface area contributed by atoms with Crippen molar-refractivity contribution in [2.75, 3.05) is 0 Å². The summed E-state index contributed by atoms with van der Waals surface area (Å²) < 4.78 is 0. The smallest absolute Gasteiger partial charge is 0.255 e. The van der Waals surface area contributed by atoms with E-state index in [9.17, 15) is 9.59 Å². The third kappa shape index (κ3) is 16.3. The lowest BCUT2D eigenvalue weighted by atomic mass is 9.78. The quantitative estimate of drug-likeness (QED) is 0.180. The van der Waals surface area contributed by atoms with Crippen LogP contribution in [0.4, 0.5) is 0 Å². The van der Waals surface area contributed by atoms with E-state index >= 15 is 0 Å². The van der Waals surface area contributed by atoms with Gasteiger partial charge in [0.05, 0.1) is 11.1 Å². The van der Waals surface area contributed by atoms with E-state index < -0.39 is 11.9 Å². The molecule has 3 aromatic rings. The van der Waals surface area contributed by atoms with Crippen LogP contribution in [0.2, 0.25) is 0 Å². The second-order valence-electron chi connectivity index (χ2n) is 10.3. The van der Waals surface area contributed by atoms with Gasteiger partial charge in [-0.3, -0.25) is 21.0 Å². The second-order valence-corrected chi connectivity index (χ2v) is 10.3. The molecule has 1 saturated carbocycles. The highest BCUT2D eigenvalue weighted by Gasteiger charge is 2.20. The van der Waals surface area contributed by atoms with Gasteiger partial charge in [-0.2, -0.15) is 0 Å². The Morgan fingerprint density at radius 1 is 0.610 bits per heavy atom. The van der Waals surface area contributed by atoms with Gasteiger partial charge in [0.1, 0.15) is 0 Å². The predicted octanol–water partition coefficient (Wildman–Crippen LogP) is 8.93. The van der Waals surface area contributed by atoms with Gasteiger partial charge >= 0.3 is 11.9 Å². The zero-order chi connectivity index (χ0) is 31.0. The first-order valence-corrected chi connectivity index (χ1v) is 13.8. The van der Waals surface area contributed by atoms with Gasteiger partial charge in [-0.25, -0.2) is 19.4 Å². The molecule has 0 unspecified atom stereocenters. The minimum Gasteiger partial charge on any atom is -0.255 e. The Hall–Kier alpha value is -3.56. The van der Waals surface area contributed by atoms with E-state index in [4.69, 9.17) is 21.0 Å². The van der Waals surface area contributed by atoms with Crippen LogP contribution >= 0.6 is 0 Å². The van der Waals surface area contributed by atoms with Gasteiger partial charge in [0.25, 0.3) is 0 Å². The van der Waals surface area contributed by atoms with E-state index in [1.807, 2.05) is 6.07 Å². The number of benzene rings is 3. The normalized spacial score (nSPS) is 15.2. The third-order valence-electron chi connectivity index (χ3n) is 6.68. The number of carbonyl (C=O) groups excluding carboxylic acids is 2. The molecule has 0 heterocycles. The number of rotatable bonds is 4. The summed E-state index contributed by atoms with van der Waals surface area (Å²) >= 11 is 0. The maximum Gasteiger partial charge on any atom is 0.386 e. The zero-order valence-corrected chi connectivity index (χ0v) is 24.7. The molecule has 0 spiro atoms. The van der Waals surface area contributed by atoms with Crippen molar-refractivity contribution in [1.82, 2.24) is 0 Å². The molecule has 8 heteroatoms. The van der Waals surface area contributed by atoms with Crippen LogP contribution in [-0.2, 0) is 9.78 Å². The highest BCUT2D eigenvalue weighted by Crippen LogP contribution is 2.32. The molecular formula is C33H46O8. The lowest BCUT2D eigenvalue weighted by Gasteiger charge is -2.28. The van der Waals surface area contributed by atoms with Gasteiger partial charge in [-0.1, -0.05) is 114 Å². The van der Waals surface area contributed by atoms with E-state index in [0.29, 0.717) is 17.0 Å². The van der Waals surface area contributed by atoms with Crippen molar-refractivity contribution in [3.63, 3.8) is 0 Å². The van der Waals surface area contributed by atoms with Crippen molar-refractivity contribution in [2.45, 2.75) is 66.2 Å². The molecule has 0 aromatic heterocycles. The van der Waals surface area contributed by atoms with Gasteiger partial charge in [0, 0.05) is 0 Å². The Morgan fingerprint density at radius 2 is 0.951 bits per heavy atom. The molecule has 0 radical (unpaired) electrons. The maximum absolute atomic E-state index is 11.5. The van der Waals surface area contributed by atoms with Crippen molar-refractivity contribution in [3.8, 4) is 0 Å². The van der Waals surface area contributed by atoms with E-state index in [-0.39, 0.29) is 0 Å². The van der Waals surface area contributed by atoms with Crippen LogP contribution in [-0.4, -0.2) is 33.0 Å². The fourth-order valence-electron chi connectivity index (χ4n) is 4.11. The first kappa shape index (κ1) is 37.4. The summed E-state index contributed by atoms with van der Waals surface area (Å²) in [7, 11) is 0. The Bertz CT molecular complexity index is 981. The number of hydrogen-bond donors (Lipinski definition) is 4. The number of hydrogen-bond acceptors (Lipinski definition) is 8. The molecule has 4 N–H and O–H groups in total. The average molecular weight is 571 g/mol. The Labute approximate surface area is 244 Å². The molecular weight excluding hydrogens is 524 g/mol. The van der Waals surface area contributed by atoms with Gasteiger partial charge in [0.2, 0.25) is 0 Å². The SMILES string of the molecule is CC(C)c1ccccc1.CC1CCC(C(C)C)CC1.O=C(OOC(=O)c1ccccc1)c1ccccc1.OO.OO. The van der Waals surface area contributed by atoms with Crippen LogP contribution in [0.1, 0.15) is 92.5 Å². The minimum absolute atomic E-state index is 0.318. The summed E-state index contributed by atoms with van der Waals surface area (Å²) in [4.78, 5) is 31.9. The summed E-state index contributed by atoms with van der Waals surface area (Å²) in [6, 6.07) is 27.1. The molecule has 1 fully saturated rings. The highest BCUT2D eigenvalue weighted by molar-refractivity contribution is 5.92. The molecule has 226 valence electrons. The van der Waals surface area contributed by atoms with Crippen LogP contribution in [0.5, 0.6) is 0 Å². The largest absolute Gasteiger partial charge is 0.386 e. The monoisotopic (exact) mass is 570 g/mol. The molecule has 8 nitrogen and oxygen atoms in total. The van der Waals surface area contributed by atoms with Gasteiger partial charge in [-0.15, -0.1) is 0 Å². The maximum atomic E-state index is 11.5. The molecule has 0 bridgehead atoms.